The number of thiazole rings is 1. The number of nitrogens with one attached hydrogen (secondary N) is 1. The fourth-order valence-corrected chi connectivity index (χ4v) is 4.58. The van der Waals surface area contributed by atoms with Crippen molar-refractivity contribution < 1.29 is 32.2 Å². The third-order valence-corrected chi connectivity index (χ3v) is 5.79. The summed E-state index contributed by atoms with van der Waals surface area (Å²) in [6.07, 6.45) is 4.66. The number of rotatable bonds is 6. The Labute approximate surface area is 167 Å². The Balaban J connectivity index is 2.15. The number of aromatic nitrogens is 1. The number of carbonyl (C=O) groups excluding carboxylic acids is 2. The normalized spacial score (nSPS) is 19.7. The molecule has 0 radical (unpaired) electrons. The van der Waals surface area contributed by atoms with Gasteiger partial charge in [0.1, 0.15) is 0 Å². The van der Waals surface area contributed by atoms with E-state index >= 15 is 0 Å². The predicted molar refractivity (Wildman–Crippen MR) is 97.8 cm³/mol. The monoisotopic (exact) mass is 430 g/mol. The third kappa shape index (κ3) is 6.30. The summed E-state index contributed by atoms with van der Waals surface area (Å²) in [5.74, 6) is -0.179. The number of nitrogens with two attached hydrogens (primary N) is 1. The number of hydrogen-bond donors (Lipinski definition) is 2. The molecular weight excluding hydrogens is 406 g/mol. The van der Waals surface area contributed by atoms with Gasteiger partial charge in [0.15, 0.2) is 0 Å². The van der Waals surface area contributed by atoms with E-state index in [1.54, 1.807) is 32.3 Å². The van der Waals surface area contributed by atoms with E-state index in [9.17, 15) is 9.59 Å². The average Bonchev–Trinajstić information content (AvgIpc) is 3.06. The van der Waals surface area contributed by atoms with Gasteiger partial charge in [-0.2, -0.15) is 0 Å². The number of piperidine rings is 1. The Bertz CT molecular complexity index is 645. The van der Waals surface area contributed by atoms with Gasteiger partial charge >= 0.3 is 168 Å². The van der Waals surface area contributed by atoms with Crippen molar-refractivity contribution in [2.75, 3.05) is 6.54 Å². The van der Waals surface area contributed by atoms with Crippen LogP contribution >= 0.6 is 11.3 Å². The van der Waals surface area contributed by atoms with Crippen molar-refractivity contribution in [1.29, 1.82) is 0 Å². The molecule has 0 spiro atoms. The fraction of sp³-hybridized carbons (Fsp3) is 0.647. The molecule has 0 bridgehead atoms. The van der Waals surface area contributed by atoms with Crippen LogP contribution in [0.15, 0.2) is 11.6 Å². The van der Waals surface area contributed by atoms with Crippen molar-refractivity contribution in [1.82, 2.24) is 15.2 Å². The first-order valence-electron chi connectivity index (χ1n) is 8.81. The summed E-state index contributed by atoms with van der Waals surface area (Å²) >= 11 is 2.17. The second-order valence-corrected chi connectivity index (χ2v) is 9.88. The summed E-state index contributed by atoms with van der Waals surface area (Å²) in [5.41, 5.74) is 5.46. The average molecular weight is 432 g/mol. The summed E-state index contributed by atoms with van der Waals surface area (Å²) in [7, 11) is 0. The number of likely N-dealkylation sites (tertiary alicyclic amines) is 1. The fourth-order valence-electron chi connectivity index (χ4n) is 3.07. The van der Waals surface area contributed by atoms with Crippen LogP contribution in [0.1, 0.15) is 56.3 Å². The zero-order valence-corrected chi connectivity index (χ0v) is 19.4. The zero-order chi connectivity index (χ0) is 19.3. The zero-order valence-electron chi connectivity index (χ0n) is 15.7. The number of carbonyl (C=O) groups is 2. The molecule has 0 aliphatic carbocycles. The van der Waals surface area contributed by atoms with Gasteiger partial charge < -0.3 is 0 Å². The summed E-state index contributed by atoms with van der Waals surface area (Å²) in [6.45, 7) is 6.29. The van der Waals surface area contributed by atoms with Crippen LogP contribution in [0.4, 0.5) is 4.79 Å². The van der Waals surface area contributed by atoms with Gasteiger partial charge in [0, 0.05) is 0 Å². The van der Waals surface area contributed by atoms with Gasteiger partial charge in [-0.1, -0.05) is 0 Å². The van der Waals surface area contributed by atoms with E-state index in [0.717, 1.165) is 48.0 Å². The number of alkyl carbamates (subject to hydrolysis) is 1. The number of amides is 1. The van der Waals surface area contributed by atoms with Crippen LogP contribution in [0.2, 0.25) is 0 Å². The van der Waals surface area contributed by atoms with E-state index in [1.165, 1.54) is 11.3 Å². The van der Waals surface area contributed by atoms with Crippen molar-refractivity contribution >= 4 is 27.6 Å². The maximum absolute atomic E-state index is 12.9. The van der Waals surface area contributed by atoms with E-state index in [1.807, 2.05) is 0 Å². The summed E-state index contributed by atoms with van der Waals surface area (Å²) in [5, 5.41) is 4.91. The second-order valence-electron chi connectivity index (χ2n) is 7.47. The van der Waals surface area contributed by atoms with E-state index < -0.39 is 17.7 Å². The molecule has 3 N–H and O–H groups in total. The minimum atomic E-state index is -0.680. The minimum absolute atomic E-state index is 0.140. The first kappa shape index (κ1) is 21.3. The topological polar surface area (TPSA) is 97.5 Å². The molecule has 1 aliphatic rings. The molecule has 2 rings (SSSR count). The number of Topliss-reactive ketones (excluding diaryl/α,β-unsaturated/α-hetero) is 1. The van der Waals surface area contributed by atoms with E-state index in [-0.39, 0.29) is 11.8 Å². The quantitative estimate of drug-likeness (QED) is 0.528. The molecule has 140 valence electrons. The predicted octanol–water partition coefficient (Wildman–Crippen LogP) is 2.06. The number of nitrogens with zero attached hydrogens (tertiary/aromatic N) is 2. The van der Waals surface area contributed by atoms with Crippen LogP contribution in [0.3, 0.4) is 0 Å². The van der Waals surface area contributed by atoms with Crippen LogP contribution < -0.4 is 11.1 Å². The van der Waals surface area contributed by atoms with Crippen LogP contribution in [-0.2, 0) is 22.6 Å². The Morgan fingerprint density at radius 1 is 1.50 bits per heavy atom. The van der Waals surface area contributed by atoms with Crippen molar-refractivity contribution in [3.8, 4) is 0 Å². The maximum atomic E-state index is 12.9. The Morgan fingerprint density at radius 3 is 2.81 bits per heavy atom. The first-order chi connectivity index (χ1) is 12.2. The molecule has 0 aromatic carbocycles. The van der Waals surface area contributed by atoms with E-state index in [0.29, 0.717) is 11.4 Å². The summed E-state index contributed by atoms with van der Waals surface area (Å²) < 4.78 is 6.21. The molecule has 1 saturated heterocycles. The molecule has 7 nitrogen and oxygen atoms in total. The second kappa shape index (κ2) is 9.26. The van der Waals surface area contributed by atoms with Crippen LogP contribution in [0.5, 0.6) is 0 Å². The van der Waals surface area contributed by atoms with E-state index in [2.05, 4.69) is 15.2 Å². The van der Waals surface area contributed by atoms with Gasteiger partial charge in [-0.3, -0.25) is 0 Å². The molecule has 0 saturated carbocycles. The van der Waals surface area contributed by atoms with Crippen molar-refractivity contribution in [2.45, 2.75) is 64.1 Å². The molecule has 1 aromatic rings. The first-order valence-corrected chi connectivity index (χ1v) is 11.2. The van der Waals surface area contributed by atoms with Gasteiger partial charge in [-0.05, 0) is 0 Å². The standard InChI is InChI=1S/C17H26N4O3S.Zn/c1-17(2,3)24-16(23)20-13(14(22)15-19-7-9-25-15)10-12-6-4-5-8-21(12)11-18;/h7,9,12-13H,4-6,8,10,18H2,1-3H3,(H,20,23);/t12?,13-;/m0./s1. The molecule has 1 unspecified atom stereocenters. The van der Waals surface area contributed by atoms with Crippen molar-refractivity contribution in [3.63, 3.8) is 0 Å². The molecule has 1 aliphatic heterocycles. The van der Waals surface area contributed by atoms with Gasteiger partial charge in [-0.15, -0.1) is 0 Å². The molecule has 1 aromatic heterocycles. The molecule has 26 heavy (non-hydrogen) atoms. The number of ketones is 1. The summed E-state index contributed by atoms with van der Waals surface area (Å²) in [6, 6.07) is -0.540. The van der Waals surface area contributed by atoms with Crippen LogP contribution in [0.25, 0.3) is 0 Å². The molecule has 2 atom stereocenters. The molecular formula is C17H26N4O3SZn. The molecule has 9 heteroatoms. The molecule has 1 fully saturated rings. The number of hydrogen-bond acceptors (Lipinski definition) is 7. The summed E-state index contributed by atoms with van der Waals surface area (Å²) in [4.78, 5) is 31.4. The van der Waals surface area contributed by atoms with Gasteiger partial charge in [0.2, 0.25) is 0 Å². The third-order valence-electron chi connectivity index (χ3n) is 4.15. The van der Waals surface area contributed by atoms with E-state index in [4.69, 9.17) is 10.5 Å². The van der Waals surface area contributed by atoms with Crippen molar-refractivity contribution in [3.05, 3.63) is 16.6 Å². The Hall–Kier alpha value is -1.02. The van der Waals surface area contributed by atoms with Crippen molar-refractivity contribution in [2.24, 2.45) is 5.73 Å². The van der Waals surface area contributed by atoms with Gasteiger partial charge in [0.25, 0.3) is 0 Å². The van der Waals surface area contributed by atoms with Crippen LogP contribution in [-0.4, -0.2) is 50.3 Å². The molecule has 1 amide bonds. The Kier molecular flexibility index (Phi) is 7.58. The van der Waals surface area contributed by atoms with Crippen LogP contribution in [0, 0.1) is 0 Å². The Morgan fingerprint density at radius 2 is 2.23 bits per heavy atom. The van der Waals surface area contributed by atoms with Gasteiger partial charge in [-0.25, -0.2) is 0 Å². The van der Waals surface area contributed by atoms with Gasteiger partial charge in [0.05, 0.1) is 0 Å². The number of ether oxygens (including phenoxy) is 1. The molecule has 2 heterocycles. The SMILES string of the molecule is CC(C)(C)OC(=O)N[C@@H](CC1CCCCN1[C](N)=[Zn])C(=O)c1nccs1.